The Kier molecular flexibility index (Phi) is 22.3. The highest BCUT2D eigenvalue weighted by Crippen LogP contribution is 2.20. The SMILES string of the molecule is COCO[C@@H](CC#CCC(O)CCCCCCCC1=C[C@H](C)OC1=O)COCCOC[C@H](CCCc1ccccc1)OCOC. The van der Waals surface area contributed by atoms with E-state index in [0.29, 0.717) is 39.3 Å². The van der Waals surface area contributed by atoms with Crippen LogP contribution in [0.5, 0.6) is 0 Å². The molecule has 254 valence electrons. The van der Waals surface area contributed by atoms with Gasteiger partial charge >= 0.3 is 5.97 Å². The maximum absolute atomic E-state index is 11.6. The van der Waals surface area contributed by atoms with E-state index in [2.05, 4.69) is 36.1 Å². The number of cyclic esters (lactones) is 1. The van der Waals surface area contributed by atoms with E-state index in [9.17, 15) is 9.90 Å². The van der Waals surface area contributed by atoms with E-state index in [1.54, 1.807) is 14.2 Å². The maximum atomic E-state index is 11.6. The second-order valence-corrected chi connectivity index (χ2v) is 11.4. The molecule has 1 heterocycles. The minimum atomic E-state index is -0.431. The van der Waals surface area contributed by atoms with Crippen LogP contribution >= 0.6 is 0 Å². The fraction of sp³-hybridized carbons (Fsp3) is 0.694. The summed E-state index contributed by atoms with van der Waals surface area (Å²) in [5.41, 5.74) is 2.13. The van der Waals surface area contributed by atoms with Gasteiger partial charge in [0.1, 0.15) is 19.7 Å². The minimum Gasteiger partial charge on any atom is -0.455 e. The molecule has 1 aliphatic rings. The quantitative estimate of drug-likeness (QED) is 0.0561. The third-order valence-electron chi connectivity index (χ3n) is 7.42. The molecule has 0 aliphatic carbocycles. The molecular weight excluding hydrogens is 576 g/mol. The van der Waals surface area contributed by atoms with Crippen LogP contribution in [0.25, 0.3) is 0 Å². The standard InChI is InChI=1S/C36H56O9/c1-30-25-32(36(38)45-30)18-10-5-4-6-11-19-33(37)20-12-13-21-34(43-28-39-2)26-41-23-24-42-27-35(44-29-40-3)22-14-17-31-15-8-7-9-16-31/h7-9,15-16,25,30,33-35,37H,4-6,10-11,14,17-24,26-29H2,1-3H3/t30-,33?,34-,35-/m0/s1. The lowest BCUT2D eigenvalue weighted by atomic mass is 10.0. The number of hydrogen-bond acceptors (Lipinski definition) is 9. The number of benzene rings is 1. The van der Waals surface area contributed by atoms with Crippen molar-refractivity contribution in [2.45, 2.75) is 108 Å². The minimum absolute atomic E-state index is 0.0329. The number of ether oxygens (including phenoxy) is 7. The average Bonchev–Trinajstić information content (AvgIpc) is 3.37. The molecular formula is C36H56O9. The van der Waals surface area contributed by atoms with Crippen LogP contribution in [0, 0.1) is 11.8 Å². The highest BCUT2D eigenvalue weighted by atomic mass is 16.7. The summed E-state index contributed by atoms with van der Waals surface area (Å²) in [5.74, 6) is 6.04. The summed E-state index contributed by atoms with van der Waals surface area (Å²) in [6.07, 6.45) is 11.7. The molecule has 0 saturated carbocycles. The van der Waals surface area contributed by atoms with E-state index >= 15 is 0 Å². The Morgan fingerprint density at radius 2 is 1.44 bits per heavy atom. The van der Waals surface area contributed by atoms with Gasteiger partial charge < -0.3 is 38.3 Å². The van der Waals surface area contributed by atoms with Gasteiger partial charge in [-0.05, 0) is 57.1 Å². The number of aryl methyl sites for hydroxylation is 1. The fourth-order valence-electron chi connectivity index (χ4n) is 4.95. The fourth-order valence-corrected chi connectivity index (χ4v) is 4.95. The van der Waals surface area contributed by atoms with Crippen molar-refractivity contribution < 1.29 is 43.1 Å². The maximum Gasteiger partial charge on any atom is 0.334 e. The molecule has 1 aromatic carbocycles. The lowest BCUT2D eigenvalue weighted by Crippen LogP contribution is -2.24. The van der Waals surface area contributed by atoms with Crippen molar-refractivity contribution in [3.63, 3.8) is 0 Å². The molecule has 0 spiro atoms. The van der Waals surface area contributed by atoms with Crippen LogP contribution in [-0.2, 0) is 44.4 Å². The molecule has 1 N–H and O–H groups in total. The molecule has 0 fully saturated rings. The molecule has 1 unspecified atom stereocenters. The highest BCUT2D eigenvalue weighted by Gasteiger charge is 2.21. The topological polar surface area (TPSA) is 102 Å². The van der Waals surface area contributed by atoms with Gasteiger partial charge in [-0.25, -0.2) is 4.79 Å². The van der Waals surface area contributed by atoms with E-state index in [4.69, 9.17) is 33.2 Å². The number of unbranched alkanes of at least 4 members (excludes halogenated alkanes) is 4. The Hall–Kier alpha value is -2.29. The van der Waals surface area contributed by atoms with Crippen molar-refractivity contribution in [1.29, 1.82) is 0 Å². The molecule has 9 heteroatoms. The molecule has 1 aliphatic heterocycles. The van der Waals surface area contributed by atoms with Crippen LogP contribution in [0.4, 0.5) is 0 Å². The molecule has 9 nitrogen and oxygen atoms in total. The number of aliphatic hydroxyl groups is 1. The van der Waals surface area contributed by atoms with Gasteiger partial charge in [0.25, 0.3) is 0 Å². The van der Waals surface area contributed by atoms with E-state index in [1.807, 2.05) is 19.1 Å². The van der Waals surface area contributed by atoms with Crippen molar-refractivity contribution in [3.05, 3.63) is 47.5 Å². The predicted molar refractivity (Wildman–Crippen MR) is 173 cm³/mol. The zero-order chi connectivity index (χ0) is 32.4. The number of methoxy groups -OCH3 is 2. The Bertz CT molecular complexity index is 972. The normalized spacial score (nSPS) is 16.5. The molecule has 45 heavy (non-hydrogen) atoms. The lowest BCUT2D eigenvalue weighted by molar-refractivity contribution is -0.139. The van der Waals surface area contributed by atoms with Gasteiger partial charge in [-0.15, -0.1) is 11.8 Å². The number of carbonyl (C=O) groups excluding carboxylic acids is 1. The first-order valence-electron chi connectivity index (χ1n) is 16.5. The van der Waals surface area contributed by atoms with E-state index < -0.39 is 6.10 Å². The molecule has 0 radical (unpaired) electrons. The third kappa shape index (κ3) is 19.7. The molecule has 0 saturated heterocycles. The largest absolute Gasteiger partial charge is 0.455 e. The summed E-state index contributed by atoms with van der Waals surface area (Å²) in [6.45, 7) is 4.03. The molecule has 1 aromatic rings. The van der Waals surface area contributed by atoms with Crippen molar-refractivity contribution in [2.75, 3.05) is 54.2 Å². The summed E-state index contributed by atoms with van der Waals surface area (Å²) in [7, 11) is 3.20. The second kappa shape index (κ2) is 25.9. The van der Waals surface area contributed by atoms with Gasteiger partial charge in [-0.3, -0.25) is 0 Å². The smallest absolute Gasteiger partial charge is 0.334 e. The predicted octanol–water partition coefficient (Wildman–Crippen LogP) is 5.77. The summed E-state index contributed by atoms with van der Waals surface area (Å²) in [5, 5.41) is 10.3. The summed E-state index contributed by atoms with van der Waals surface area (Å²) < 4.78 is 38.4. The molecule has 0 bridgehead atoms. The van der Waals surface area contributed by atoms with Crippen molar-refractivity contribution in [3.8, 4) is 11.8 Å². The summed E-state index contributed by atoms with van der Waals surface area (Å²) in [4.78, 5) is 11.6. The van der Waals surface area contributed by atoms with Crippen LogP contribution < -0.4 is 0 Å². The van der Waals surface area contributed by atoms with Crippen LogP contribution in [0.15, 0.2) is 42.0 Å². The Morgan fingerprint density at radius 3 is 2.13 bits per heavy atom. The van der Waals surface area contributed by atoms with Gasteiger partial charge in [-0.1, -0.05) is 56.0 Å². The van der Waals surface area contributed by atoms with E-state index in [0.717, 1.165) is 69.8 Å². The van der Waals surface area contributed by atoms with Gasteiger partial charge in [0.05, 0.1) is 44.7 Å². The summed E-state index contributed by atoms with van der Waals surface area (Å²) in [6, 6.07) is 10.4. The Morgan fingerprint density at radius 1 is 0.800 bits per heavy atom. The van der Waals surface area contributed by atoms with E-state index in [1.165, 1.54) is 5.56 Å². The highest BCUT2D eigenvalue weighted by molar-refractivity contribution is 5.90. The van der Waals surface area contributed by atoms with Gasteiger partial charge in [0, 0.05) is 32.6 Å². The van der Waals surface area contributed by atoms with Gasteiger partial charge in [0.2, 0.25) is 0 Å². The van der Waals surface area contributed by atoms with Crippen molar-refractivity contribution in [1.82, 2.24) is 0 Å². The summed E-state index contributed by atoms with van der Waals surface area (Å²) >= 11 is 0. The Labute approximate surface area is 270 Å². The Balaban J connectivity index is 1.53. The van der Waals surface area contributed by atoms with Crippen LogP contribution in [-0.4, -0.2) is 89.7 Å². The van der Waals surface area contributed by atoms with Crippen molar-refractivity contribution in [2.24, 2.45) is 0 Å². The number of hydrogen-bond donors (Lipinski definition) is 1. The number of carbonyl (C=O) groups is 1. The van der Waals surface area contributed by atoms with E-state index in [-0.39, 0.29) is 37.9 Å². The van der Waals surface area contributed by atoms with Crippen LogP contribution in [0.3, 0.4) is 0 Å². The van der Waals surface area contributed by atoms with Gasteiger partial charge in [-0.2, -0.15) is 0 Å². The first kappa shape index (κ1) is 38.9. The first-order chi connectivity index (χ1) is 22.0. The van der Waals surface area contributed by atoms with Gasteiger partial charge in [0.15, 0.2) is 0 Å². The average molecular weight is 633 g/mol. The number of rotatable bonds is 27. The second-order valence-electron chi connectivity index (χ2n) is 11.4. The van der Waals surface area contributed by atoms with Crippen molar-refractivity contribution >= 4 is 5.97 Å². The number of aliphatic hydroxyl groups excluding tert-OH is 1. The molecule has 4 atom stereocenters. The number of esters is 1. The zero-order valence-corrected chi connectivity index (χ0v) is 27.7. The molecule has 0 aromatic heterocycles. The monoisotopic (exact) mass is 632 g/mol. The third-order valence-corrected chi connectivity index (χ3v) is 7.42. The first-order valence-corrected chi connectivity index (χ1v) is 16.5. The molecule has 0 amide bonds. The molecule has 2 rings (SSSR count). The van der Waals surface area contributed by atoms with Crippen LogP contribution in [0.2, 0.25) is 0 Å². The zero-order valence-electron chi connectivity index (χ0n) is 27.7. The van der Waals surface area contributed by atoms with Crippen LogP contribution in [0.1, 0.15) is 83.1 Å². The lowest BCUT2D eigenvalue weighted by Gasteiger charge is -2.18.